The minimum atomic E-state index is -0.276. The van der Waals surface area contributed by atoms with Gasteiger partial charge >= 0.3 is 0 Å². The van der Waals surface area contributed by atoms with E-state index in [4.69, 9.17) is 21.1 Å². The van der Waals surface area contributed by atoms with Crippen molar-refractivity contribution in [2.75, 3.05) is 12.5 Å². The van der Waals surface area contributed by atoms with Crippen molar-refractivity contribution < 1.29 is 9.47 Å². The van der Waals surface area contributed by atoms with E-state index < -0.39 is 0 Å². The Morgan fingerprint density at radius 3 is 2.59 bits per heavy atom. The van der Waals surface area contributed by atoms with Gasteiger partial charge in [-0.25, -0.2) is 0 Å². The summed E-state index contributed by atoms with van der Waals surface area (Å²) in [6.45, 7) is 5.35. The Morgan fingerprint density at radius 2 is 2.06 bits per heavy atom. The summed E-state index contributed by atoms with van der Waals surface area (Å²) in [4.78, 5) is 0. The topological polar surface area (TPSA) is 18.5 Å². The molecule has 1 saturated carbocycles. The largest absolute Gasteiger partial charge is 0.347 e. The molecule has 2 rings (SSSR count). The molecule has 0 N–H and O–H groups in total. The number of ether oxygens (including phenoxy) is 2. The molecule has 1 saturated heterocycles. The number of hydrogen-bond acceptors (Lipinski definition) is 2. The zero-order valence-electron chi connectivity index (χ0n) is 11.1. The molecule has 0 radical (unpaired) electrons. The Kier molecular flexibility index (Phi) is 4.73. The van der Waals surface area contributed by atoms with Crippen LogP contribution in [0, 0.1) is 11.8 Å². The fraction of sp³-hybridized carbons (Fsp3) is 1.00. The number of halogens is 1. The standard InChI is InChI=1S/C14H25ClO2/c1-3-4-11(2)12-5-7-14(8-6-12)16-10-13(9-15)17-14/h11-13H,3-10H2,1-2H3. The van der Waals surface area contributed by atoms with Crippen molar-refractivity contribution in [1.29, 1.82) is 0 Å². The van der Waals surface area contributed by atoms with Crippen molar-refractivity contribution in [3.63, 3.8) is 0 Å². The van der Waals surface area contributed by atoms with E-state index in [2.05, 4.69) is 13.8 Å². The molecule has 0 bridgehead atoms. The summed E-state index contributed by atoms with van der Waals surface area (Å²) in [5.74, 6) is 1.99. The van der Waals surface area contributed by atoms with Crippen LogP contribution in [0.1, 0.15) is 52.4 Å². The normalized spacial score (nSPS) is 39.7. The van der Waals surface area contributed by atoms with E-state index in [1.165, 1.54) is 25.7 Å². The van der Waals surface area contributed by atoms with Crippen LogP contribution in [0.2, 0.25) is 0 Å². The smallest absolute Gasteiger partial charge is 0.168 e. The molecular weight excluding hydrogens is 236 g/mol. The first-order valence-electron chi connectivity index (χ1n) is 7.07. The molecule has 2 fully saturated rings. The zero-order valence-corrected chi connectivity index (χ0v) is 11.8. The Labute approximate surface area is 110 Å². The van der Waals surface area contributed by atoms with Crippen LogP contribution in [-0.4, -0.2) is 24.4 Å². The zero-order chi connectivity index (χ0) is 12.3. The summed E-state index contributed by atoms with van der Waals surface area (Å²) in [5.41, 5.74) is 0. The highest BCUT2D eigenvalue weighted by molar-refractivity contribution is 6.18. The lowest BCUT2D eigenvalue weighted by molar-refractivity contribution is -0.192. The van der Waals surface area contributed by atoms with Gasteiger partial charge in [-0.15, -0.1) is 11.6 Å². The van der Waals surface area contributed by atoms with Crippen molar-refractivity contribution in [2.45, 2.75) is 64.3 Å². The van der Waals surface area contributed by atoms with Crippen LogP contribution >= 0.6 is 11.6 Å². The minimum absolute atomic E-state index is 0.112. The number of hydrogen-bond donors (Lipinski definition) is 0. The third kappa shape index (κ3) is 3.15. The predicted octanol–water partition coefficient (Wildman–Crippen LogP) is 3.96. The predicted molar refractivity (Wildman–Crippen MR) is 70.3 cm³/mol. The van der Waals surface area contributed by atoms with E-state index in [0.717, 1.165) is 24.7 Å². The fourth-order valence-corrected chi connectivity index (χ4v) is 3.45. The summed E-state index contributed by atoms with van der Waals surface area (Å²) in [7, 11) is 0. The van der Waals surface area contributed by atoms with E-state index in [1.54, 1.807) is 0 Å². The summed E-state index contributed by atoms with van der Waals surface area (Å²) in [6, 6.07) is 0. The van der Waals surface area contributed by atoms with Crippen molar-refractivity contribution in [2.24, 2.45) is 11.8 Å². The molecule has 2 nitrogen and oxygen atoms in total. The van der Waals surface area contributed by atoms with Gasteiger partial charge in [-0.3, -0.25) is 0 Å². The van der Waals surface area contributed by atoms with Crippen molar-refractivity contribution >= 4 is 11.6 Å². The van der Waals surface area contributed by atoms with Crippen LogP contribution in [0.25, 0.3) is 0 Å². The van der Waals surface area contributed by atoms with Crippen molar-refractivity contribution in [1.82, 2.24) is 0 Å². The molecule has 2 unspecified atom stereocenters. The Balaban J connectivity index is 1.82. The van der Waals surface area contributed by atoms with Gasteiger partial charge in [0, 0.05) is 12.8 Å². The van der Waals surface area contributed by atoms with Gasteiger partial charge in [-0.1, -0.05) is 26.7 Å². The molecule has 100 valence electrons. The quantitative estimate of drug-likeness (QED) is 0.713. The monoisotopic (exact) mass is 260 g/mol. The van der Waals surface area contributed by atoms with Gasteiger partial charge < -0.3 is 9.47 Å². The van der Waals surface area contributed by atoms with E-state index in [9.17, 15) is 0 Å². The van der Waals surface area contributed by atoms with Gasteiger partial charge in [-0.2, -0.15) is 0 Å². The highest BCUT2D eigenvalue weighted by Crippen LogP contribution is 2.43. The number of rotatable bonds is 4. The molecule has 0 aromatic rings. The highest BCUT2D eigenvalue weighted by atomic mass is 35.5. The van der Waals surface area contributed by atoms with Gasteiger partial charge in [0.15, 0.2) is 5.79 Å². The molecule has 0 aromatic heterocycles. The van der Waals surface area contributed by atoms with Crippen LogP contribution in [0.4, 0.5) is 0 Å². The van der Waals surface area contributed by atoms with E-state index in [-0.39, 0.29) is 11.9 Å². The lowest BCUT2D eigenvalue weighted by Gasteiger charge is -2.38. The first-order chi connectivity index (χ1) is 8.19. The summed E-state index contributed by atoms with van der Waals surface area (Å²) >= 11 is 5.83. The van der Waals surface area contributed by atoms with E-state index in [0.29, 0.717) is 12.5 Å². The maximum Gasteiger partial charge on any atom is 0.168 e. The van der Waals surface area contributed by atoms with Gasteiger partial charge in [-0.05, 0) is 24.7 Å². The Hall–Kier alpha value is 0.210. The second-order valence-corrected chi connectivity index (χ2v) is 6.03. The second kappa shape index (κ2) is 5.90. The maximum absolute atomic E-state index is 5.97. The summed E-state index contributed by atoms with van der Waals surface area (Å²) in [5, 5.41) is 0. The van der Waals surface area contributed by atoms with Crippen LogP contribution in [0.15, 0.2) is 0 Å². The summed E-state index contributed by atoms with van der Waals surface area (Å²) < 4.78 is 11.8. The van der Waals surface area contributed by atoms with Crippen molar-refractivity contribution in [3.8, 4) is 0 Å². The average Bonchev–Trinajstić information content (AvgIpc) is 2.74. The third-order valence-corrected chi connectivity index (χ3v) is 4.77. The number of alkyl halides is 1. The third-order valence-electron chi connectivity index (χ3n) is 4.43. The van der Waals surface area contributed by atoms with E-state index >= 15 is 0 Å². The van der Waals surface area contributed by atoms with Crippen LogP contribution in [-0.2, 0) is 9.47 Å². The lowest BCUT2D eigenvalue weighted by atomic mass is 9.77. The van der Waals surface area contributed by atoms with Crippen LogP contribution in [0.5, 0.6) is 0 Å². The molecule has 1 spiro atoms. The van der Waals surface area contributed by atoms with Gasteiger partial charge in [0.25, 0.3) is 0 Å². The van der Waals surface area contributed by atoms with Crippen LogP contribution < -0.4 is 0 Å². The molecule has 3 heteroatoms. The van der Waals surface area contributed by atoms with Gasteiger partial charge in [0.1, 0.15) is 0 Å². The minimum Gasteiger partial charge on any atom is -0.347 e. The maximum atomic E-state index is 5.97. The molecule has 0 aromatic carbocycles. The molecule has 2 aliphatic rings. The molecule has 2 atom stereocenters. The average molecular weight is 261 g/mol. The SMILES string of the molecule is CCCC(C)C1CCC2(CC1)OCC(CCl)O2. The molecule has 1 aliphatic heterocycles. The van der Waals surface area contributed by atoms with Crippen LogP contribution in [0.3, 0.4) is 0 Å². The summed E-state index contributed by atoms with van der Waals surface area (Å²) in [6.07, 6.45) is 7.36. The molecule has 17 heavy (non-hydrogen) atoms. The first kappa shape index (κ1) is 13.6. The van der Waals surface area contributed by atoms with Gasteiger partial charge in [0.05, 0.1) is 18.6 Å². The Bertz CT molecular complexity index is 236. The second-order valence-electron chi connectivity index (χ2n) is 5.72. The molecule has 1 heterocycles. The fourth-order valence-electron chi connectivity index (χ4n) is 3.29. The molecular formula is C14H25ClO2. The lowest BCUT2D eigenvalue weighted by Crippen LogP contribution is -2.37. The molecule has 1 aliphatic carbocycles. The van der Waals surface area contributed by atoms with Gasteiger partial charge in [0.2, 0.25) is 0 Å². The van der Waals surface area contributed by atoms with Crippen molar-refractivity contribution in [3.05, 3.63) is 0 Å². The van der Waals surface area contributed by atoms with E-state index in [1.807, 2.05) is 0 Å². The first-order valence-corrected chi connectivity index (χ1v) is 7.60. The Morgan fingerprint density at radius 1 is 1.35 bits per heavy atom. The highest BCUT2D eigenvalue weighted by Gasteiger charge is 2.44. The molecule has 0 amide bonds.